The number of nitriles is 1. The first-order valence-corrected chi connectivity index (χ1v) is 13.0. The maximum Gasteiger partial charge on any atom is 0.258 e. The highest BCUT2D eigenvalue weighted by Crippen LogP contribution is 2.36. The molecule has 0 spiro atoms. The van der Waals surface area contributed by atoms with Gasteiger partial charge in [-0.3, -0.25) is 4.79 Å². The van der Waals surface area contributed by atoms with Crippen molar-refractivity contribution in [3.05, 3.63) is 75.3 Å². The van der Waals surface area contributed by atoms with Gasteiger partial charge in [-0.05, 0) is 41.0 Å². The van der Waals surface area contributed by atoms with Crippen LogP contribution in [0.2, 0.25) is 10.0 Å². The summed E-state index contributed by atoms with van der Waals surface area (Å²) >= 11 is 12.3. The van der Waals surface area contributed by atoms with Crippen molar-refractivity contribution < 1.29 is 14.3 Å². The normalized spacial score (nSPS) is 15.9. The largest absolute Gasteiger partial charge is 0.491 e. The van der Waals surface area contributed by atoms with Gasteiger partial charge in [-0.15, -0.1) is 0 Å². The topological polar surface area (TPSA) is 70.4 Å². The van der Waals surface area contributed by atoms with Gasteiger partial charge in [-0.2, -0.15) is 5.26 Å². The van der Waals surface area contributed by atoms with E-state index >= 15 is 0 Å². The fourth-order valence-electron chi connectivity index (χ4n) is 4.45. The van der Waals surface area contributed by atoms with Crippen LogP contribution in [0, 0.1) is 17.2 Å². The van der Waals surface area contributed by atoms with Crippen LogP contribution in [-0.2, 0) is 4.79 Å². The minimum atomic E-state index is -0.247. The second kappa shape index (κ2) is 12.8. The molecule has 0 aromatic heterocycles. The van der Waals surface area contributed by atoms with Crippen molar-refractivity contribution in [2.45, 2.75) is 39.5 Å². The summed E-state index contributed by atoms with van der Waals surface area (Å²) in [5.74, 6) is -0.0445. The van der Waals surface area contributed by atoms with Crippen LogP contribution in [0.25, 0.3) is 10.8 Å². The predicted molar refractivity (Wildman–Crippen MR) is 145 cm³/mol. The Labute approximate surface area is 222 Å². The molecule has 0 unspecified atom stereocenters. The summed E-state index contributed by atoms with van der Waals surface area (Å²) in [5, 5.41) is 12.2. The fraction of sp³-hybridized carbons (Fsp3) is 0.345. The van der Waals surface area contributed by atoms with Gasteiger partial charge in [-0.25, -0.2) is 0 Å². The van der Waals surface area contributed by atoms with Crippen LogP contribution in [0.4, 0.5) is 0 Å². The molecule has 7 heteroatoms. The van der Waals surface area contributed by atoms with Gasteiger partial charge in [-0.1, -0.05) is 74.3 Å². The molecule has 5 nitrogen and oxygen atoms in total. The maximum absolute atomic E-state index is 14.0. The number of hydrogen-bond donors (Lipinski definition) is 0. The zero-order chi connectivity index (χ0) is 26.2. The van der Waals surface area contributed by atoms with Gasteiger partial charge >= 0.3 is 0 Å². The molecule has 0 radical (unpaired) electrons. The Bertz CT molecular complexity index is 1290. The zero-order valence-corrected chi connectivity index (χ0v) is 22.3. The summed E-state index contributed by atoms with van der Waals surface area (Å²) in [6.45, 7) is 7.26. The first kappa shape index (κ1) is 27.5. The van der Waals surface area contributed by atoms with Crippen molar-refractivity contribution >= 4 is 46.2 Å². The van der Waals surface area contributed by atoms with Crippen molar-refractivity contribution in [3.8, 4) is 11.8 Å². The Kier molecular flexibility index (Phi) is 9.75. The van der Waals surface area contributed by atoms with E-state index in [9.17, 15) is 14.9 Å². The van der Waals surface area contributed by atoms with E-state index in [0.29, 0.717) is 46.6 Å². The quantitative estimate of drug-likeness (QED) is 0.317. The number of halogens is 2. The summed E-state index contributed by atoms with van der Waals surface area (Å²) in [4.78, 5) is 27.4. The van der Waals surface area contributed by atoms with Crippen LogP contribution in [0.3, 0.4) is 0 Å². The van der Waals surface area contributed by atoms with E-state index in [1.807, 2.05) is 51.1 Å². The molecule has 36 heavy (non-hydrogen) atoms. The molecular formula is C29H30Cl2N2O3. The molecule has 0 saturated carbocycles. The number of amides is 1. The molecule has 0 fully saturated rings. The van der Waals surface area contributed by atoms with Gasteiger partial charge in [0.2, 0.25) is 0 Å². The molecule has 2 atom stereocenters. The smallest absolute Gasteiger partial charge is 0.258 e. The number of nitrogens with zero attached hydrogens (tertiary/aromatic N) is 2. The van der Waals surface area contributed by atoms with Gasteiger partial charge in [0, 0.05) is 31.3 Å². The molecule has 188 valence electrons. The lowest BCUT2D eigenvalue weighted by Gasteiger charge is -2.34. The Morgan fingerprint density at radius 2 is 1.92 bits per heavy atom. The number of carbonyl (C=O) groups excluding carboxylic acids is 2. The Morgan fingerprint density at radius 1 is 1.17 bits per heavy atom. The second-order valence-corrected chi connectivity index (χ2v) is 9.34. The third-order valence-electron chi connectivity index (χ3n) is 6.38. The molecule has 1 amide bonds. The van der Waals surface area contributed by atoms with Crippen molar-refractivity contribution in [1.29, 1.82) is 5.26 Å². The van der Waals surface area contributed by atoms with Crippen LogP contribution in [0.1, 0.15) is 61.0 Å². The molecule has 0 saturated heterocycles. The van der Waals surface area contributed by atoms with Crippen LogP contribution in [-0.4, -0.2) is 36.8 Å². The van der Waals surface area contributed by atoms with Crippen molar-refractivity contribution in [2.75, 3.05) is 19.7 Å². The number of aldehydes is 1. The minimum Gasteiger partial charge on any atom is -0.491 e. The van der Waals surface area contributed by atoms with Crippen molar-refractivity contribution in [2.24, 2.45) is 5.92 Å². The molecule has 3 aromatic rings. The first-order chi connectivity index (χ1) is 17.5. The van der Waals surface area contributed by atoms with Gasteiger partial charge < -0.3 is 14.4 Å². The predicted octanol–water partition coefficient (Wildman–Crippen LogP) is 7.28. The van der Waals surface area contributed by atoms with E-state index in [-0.39, 0.29) is 24.2 Å². The van der Waals surface area contributed by atoms with E-state index in [1.165, 1.54) is 0 Å². The number of carbonyl (C=O) groups is 2. The second-order valence-electron chi connectivity index (χ2n) is 8.53. The molecule has 1 aliphatic heterocycles. The minimum absolute atomic E-state index is 0.0841. The number of rotatable bonds is 6. The maximum atomic E-state index is 14.0. The zero-order valence-electron chi connectivity index (χ0n) is 20.8. The molecular weight excluding hydrogens is 495 g/mol. The van der Waals surface area contributed by atoms with Crippen LogP contribution in [0.5, 0.6) is 5.75 Å². The molecule has 3 aromatic carbocycles. The third kappa shape index (κ3) is 5.83. The lowest BCUT2D eigenvalue weighted by atomic mass is 9.93. The van der Waals surface area contributed by atoms with E-state index in [4.69, 9.17) is 27.9 Å². The first-order valence-electron chi connectivity index (χ1n) is 12.2. The third-order valence-corrected chi connectivity index (χ3v) is 7.12. The number of hydrogen-bond acceptors (Lipinski definition) is 4. The summed E-state index contributed by atoms with van der Waals surface area (Å²) in [6.07, 6.45) is 1.90. The van der Waals surface area contributed by atoms with E-state index in [1.54, 1.807) is 23.1 Å². The Hall–Kier alpha value is -3.07. The molecule has 0 N–H and O–H groups in total. The molecule has 1 aliphatic rings. The standard InChI is InChI=1S/C27H24Cl2N2O3.C2H6/c1-2-17-14-31(15-20(9-10-32)18-7-8-23(28)24(29)12-18)27(33)25-22-6-4-3-5-19(22)11-21(13-30)26(25)34-16-17;1-2/h3-8,10-12,17,20H,2,9,14-16H2,1H3;1-2H3/t17-,20-;/m1./s1. The van der Waals surface area contributed by atoms with Crippen molar-refractivity contribution in [1.82, 2.24) is 4.90 Å². The number of benzene rings is 3. The lowest BCUT2D eigenvalue weighted by Crippen LogP contribution is -2.41. The van der Waals surface area contributed by atoms with E-state index < -0.39 is 0 Å². The van der Waals surface area contributed by atoms with Crippen LogP contribution < -0.4 is 4.74 Å². The summed E-state index contributed by atoms with van der Waals surface area (Å²) in [5.41, 5.74) is 1.58. The van der Waals surface area contributed by atoms with Crippen LogP contribution >= 0.6 is 23.2 Å². The average Bonchev–Trinajstić information content (AvgIpc) is 2.90. The molecule has 4 rings (SSSR count). The highest BCUT2D eigenvalue weighted by molar-refractivity contribution is 6.42. The SMILES string of the molecule is CC.CC[C@H]1COc2c(C#N)cc3ccccc3c2C(=O)N(C[C@@H](CC=O)c2ccc(Cl)c(Cl)c2)C1. The summed E-state index contributed by atoms with van der Waals surface area (Å²) < 4.78 is 6.09. The highest BCUT2D eigenvalue weighted by Gasteiger charge is 2.31. The molecule has 0 aliphatic carbocycles. The van der Waals surface area contributed by atoms with Crippen LogP contribution in [0.15, 0.2) is 48.5 Å². The summed E-state index contributed by atoms with van der Waals surface area (Å²) in [7, 11) is 0. The monoisotopic (exact) mass is 524 g/mol. The Morgan fingerprint density at radius 3 is 2.58 bits per heavy atom. The van der Waals surface area contributed by atoms with Gasteiger partial charge in [0.05, 0.1) is 27.8 Å². The van der Waals surface area contributed by atoms with Gasteiger partial charge in [0.1, 0.15) is 18.1 Å². The summed E-state index contributed by atoms with van der Waals surface area (Å²) in [6, 6.07) is 16.7. The molecule has 1 heterocycles. The van der Waals surface area contributed by atoms with Crippen molar-refractivity contribution in [3.63, 3.8) is 0 Å². The Balaban J connectivity index is 0.00000176. The highest BCUT2D eigenvalue weighted by atomic mass is 35.5. The number of fused-ring (bicyclic) bond motifs is 3. The molecule has 0 bridgehead atoms. The van der Waals surface area contributed by atoms with Gasteiger partial charge in [0.25, 0.3) is 5.91 Å². The van der Waals surface area contributed by atoms with E-state index in [0.717, 1.165) is 29.0 Å². The van der Waals surface area contributed by atoms with Gasteiger partial charge in [0.15, 0.2) is 0 Å². The van der Waals surface area contributed by atoms with E-state index in [2.05, 4.69) is 6.07 Å². The fourth-order valence-corrected chi connectivity index (χ4v) is 4.76. The average molecular weight is 525 g/mol. The lowest BCUT2D eigenvalue weighted by molar-refractivity contribution is -0.108. The number of ether oxygens (including phenoxy) is 1.